The second kappa shape index (κ2) is 9.93. The van der Waals surface area contributed by atoms with Crippen molar-refractivity contribution < 1.29 is 28.5 Å². The molecular weight excluding hydrogens is 338 g/mol. The second-order valence-corrected chi connectivity index (χ2v) is 5.11. The van der Waals surface area contributed by atoms with Crippen LogP contribution < -0.4 is 19.5 Å². The first-order chi connectivity index (χ1) is 12.6. The zero-order chi connectivity index (χ0) is 18.8. The van der Waals surface area contributed by atoms with E-state index in [0.717, 1.165) is 0 Å². The zero-order valence-electron chi connectivity index (χ0n) is 14.7. The summed E-state index contributed by atoms with van der Waals surface area (Å²) in [4.78, 5) is 23.5. The fraction of sp³-hybridized carbons (Fsp3) is 0.263. The summed E-state index contributed by atoms with van der Waals surface area (Å²) in [6.07, 6.45) is 0. The molecule has 26 heavy (non-hydrogen) atoms. The number of nitrogens with one attached hydrogen (secondary N) is 1. The number of ether oxygens (including phenoxy) is 4. The lowest BCUT2D eigenvalue weighted by Gasteiger charge is -2.11. The van der Waals surface area contributed by atoms with E-state index < -0.39 is 18.5 Å². The van der Waals surface area contributed by atoms with Crippen molar-refractivity contribution in [2.75, 3.05) is 32.2 Å². The van der Waals surface area contributed by atoms with E-state index >= 15 is 0 Å². The van der Waals surface area contributed by atoms with E-state index in [4.69, 9.17) is 18.9 Å². The van der Waals surface area contributed by atoms with Gasteiger partial charge in [-0.25, -0.2) is 4.79 Å². The molecule has 7 heteroatoms. The molecule has 1 N–H and O–H groups in total. The van der Waals surface area contributed by atoms with Crippen molar-refractivity contribution in [2.24, 2.45) is 0 Å². The highest BCUT2D eigenvalue weighted by atomic mass is 16.6. The highest BCUT2D eigenvalue weighted by molar-refractivity contribution is 5.92. The van der Waals surface area contributed by atoms with Crippen molar-refractivity contribution >= 4 is 17.6 Å². The quantitative estimate of drug-likeness (QED) is 0.693. The number of carbonyl (C=O) groups excluding carboxylic acids is 2. The number of rotatable bonds is 9. The Morgan fingerprint density at radius 1 is 0.923 bits per heavy atom. The first-order valence-electron chi connectivity index (χ1n) is 8.06. The molecule has 0 atom stereocenters. The summed E-state index contributed by atoms with van der Waals surface area (Å²) >= 11 is 0. The predicted octanol–water partition coefficient (Wildman–Crippen LogP) is 2.65. The van der Waals surface area contributed by atoms with Gasteiger partial charge in [-0.05, 0) is 43.3 Å². The van der Waals surface area contributed by atoms with Crippen LogP contribution in [0.3, 0.4) is 0 Å². The summed E-state index contributed by atoms with van der Waals surface area (Å²) in [5.41, 5.74) is 0.578. The van der Waals surface area contributed by atoms with E-state index in [2.05, 4.69) is 5.32 Å². The summed E-state index contributed by atoms with van der Waals surface area (Å²) in [5, 5.41) is 2.62. The number of benzene rings is 2. The largest absolute Gasteiger partial charge is 0.497 e. The SMILES string of the molecule is CCOc1ccccc1OCC(=O)OCC(=O)Nc1ccc(OC)cc1. The third-order valence-corrected chi connectivity index (χ3v) is 3.23. The average molecular weight is 359 g/mol. The lowest BCUT2D eigenvalue weighted by Crippen LogP contribution is -2.23. The van der Waals surface area contributed by atoms with Gasteiger partial charge >= 0.3 is 5.97 Å². The Kier molecular flexibility index (Phi) is 7.30. The molecule has 7 nitrogen and oxygen atoms in total. The van der Waals surface area contributed by atoms with Crippen molar-refractivity contribution in [3.05, 3.63) is 48.5 Å². The number of hydrogen-bond donors (Lipinski definition) is 1. The highest BCUT2D eigenvalue weighted by Gasteiger charge is 2.11. The van der Waals surface area contributed by atoms with Gasteiger partial charge in [-0.15, -0.1) is 0 Å². The minimum atomic E-state index is -0.652. The summed E-state index contributed by atoms with van der Waals surface area (Å²) in [6.45, 7) is 1.62. The van der Waals surface area contributed by atoms with E-state index in [0.29, 0.717) is 29.5 Å². The van der Waals surface area contributed by atoms with Crippen molar-refractivity contribution in [1.82, 2.24) is 0 Å². The highest BCUT2D eigenvalue weighted by Crippen LogP contribution is 2.26. The Bertz CT molecular complexity index is 729. The molecule has 0 saturated carbocycles. The monoisotopic (exact) mass is 359 g/mol. The number of hydrogen-bond acceptors (Lipinski definition) is 6. The van der Waals surface area contributed by atoms with Gasteiger partial charge in [-0.1, -0.05) is 12.1 Å². The maximum absolute atomic E-state index is 11.8. The maximum Gasteiger partial charge on any atom is 0.344 e. The molecular formula is C19H21NO6. The number of amides is 1. The van der Waals surface area contributed by atoms with Crippen LogP contribution in [-0.2, 0) is 14.3 Å². The maximum atomic E-state index is 11.8. The van der Waals surface area contributed by atoms with Gasteiger partial charge < -0.3 is 24.3 Å². The molecule has 0 aliphatic heterocycles. The molecule has 0 fully saturated rings. The van der Waals surface area contributed by atoms with Crippen LogP contribution >= 0.6 is 0 Å². The van der Waals surface area contributed by atoms with Gasteiger partial charge in [0.1, 0.15) is 5.75 Å². The molecule has 0 bridgehead atoms. The minimum Gasteiger partial charge on any atom is -0.497 e. The van der Waals surface area contributed by atoms with Crippen LogP contribution in [0.5, 0.6) is 17.2 Å². The second-order valence-electron chi connectivity index (χ2n) is 5.11. The van der Waals surface area contributed by atoms with Crippen LogP contribution in [0.2, 0.25) is 0 Å². The van der Waals surface area contributed by atoms with Crippen LogP contribution in [-0.4, -0.2) is 38.8 Å². The fourth-order valence-electron chi connectivity index (χ4n) is 2.04. The van der Waals surface area contributed by atoms with Crippen LogP contribution in [0.25, 0.3) is 0 Å². The Hall–Kier alpha value is -3.22. The third-order valence-electron chi connectivity index (χ3n) is 3.23. The van der Waals surface area contributed by atoms with Crippen LogP contribution in [0.4, 0.5) is 5.69 Å². The van der Waals surface area contributed by atoms with Crippen molar-refractivity contribution in [3.8, 4) is 17.2 Å². The van der Waals surface area contributed by atoms with Crippen LogP contribution in [0.15, 0.2) is 48.5 Å². The predicted molar refractivity (Wildman–Crippen MR) is 95.7 cm³/mol. The van der Waals surface area contributed by atoms with Gasteiger partial charge in [-0.2, -0.15) is 0 Å². The lowest BCUT2D eigenvalue weighted by molar-refractivity contribution is -0.149. The third kappa shape index (κ3) is 6.01. The van der Waals surface area contributed by atoms with Gasteiger partial charge in [0, 0.05) is 5.69 Å². The van der Waals surface area contributed by atoms with Crippen LogP contribution in [0.1, 0.15) is 6.92 Å². The molecule has 138 valence electrons. The number of carbonyl (C=O) groups is 2. The Balaban J connectivity index is 1.75. The molecule has 0 aliphatic carbocycles. The Morgan fingerprint density at radius 3 is 2.19 bits per heavy atom. The zero-order valence-corrected chi connectivity index (χ0v) is 14.7. The van der Waals surface area contributed by atoms with Crippen molar-refractivity contribution in [3.63, 3.8) is 0 Å². The molecule has 2 aromatic carbocycles. The standard InChI is InChI=1S/C19H21NO6/c1-3-24-16-6-4-5-7-17(16)25-13-19(22)26-12-18(21)20-14-8-10-15(23-2)11-9-14/h4-11H,3,12-13H2,1-2H3,(H,20,21). The molecule has 0 radical (unpaired) electrons. The summed E-state index contributed by atoms with van der Waals surface area (Å²) in [6, 6.07) is 13.8. The smallest absolute Gasteiger partial charge is 0.344 e. The number of esters is 1. The molecule has 0 aliphatic rings. The van der Waals surface area contributed by atoms with Crippen molar-refractivity contribution in [2.45, 2.75) is 6.92 Å². The van der Waals surface area contributed by atoms with Crippen molar-refractivity contribution in [1.29, 1.82) is 0 Å². The number of para-hydroxylation sites is 2. The molecule has 0 aromatic heterocycles. The fourth-order valence-corrected chi connectivity index (χ4v) is 2.04. The first kappa shape index (κ1) is 19.1. The molecule has 0 saturated heterocycles. The van der Waals surface area contributed by atoms with Gasteiger partial charge in [0.15, 0.2) is 24.7 Å². The first-order valence-corrected chi connectivity index (χ1v) is 8.06. The van der Waals surface area contributed by atoms with E-state index in [1.165, 1.54) is 0 Å². The van der Waals surface area contributed by atoms with Crippen LogP contribution in [0, 0.1) is 0 Å². The van der Waals surface area contributed by atoms with E-state index in [1.807, 2.05) is 6.92 Å². The van der Waals surface area contributed by atoms with Gasteiger partial charge in [0.2, 0.25) is 0 Å². The number of anilines is 1. The topological polar surface area (TPSA) is 83.1 Å². The molecule has 1 amide bonds. The van der Waals surface area contributed by atoms with Gasteiger partial charge in [0.05, 0.1) is 13.7 Å². The Morgan fingerprint density at radius 2 is 1.58 bits per heavy atom. The molecule has 0 heterocycles. The number of methoxy groups -OCH3 is 1. The lowest BCUT2D eigenvalue weighted by atomic mass is 10.3. The Labute approximate surface area is 151 Å². The molecule has 0 unspecified atom stereocenters. The molecule has 2 rings (SSSR count). The average Bonchev–Trinajstić information content (AvgIpc) is 2.66. The minimum absolute atomic E-state index is 0.320. The van der Waals surface area contributed by atoms with E-state index in [9.17, 15) is 9.59 Å². The van der Waals surface area contributed by atoms with Gasteiger partial charge in [-0.3, -0.25) is 4.79 Å². The van der Waals surface area contributed by atoms with E-state index in [1.54, 1.807) is 55.6 Å². The normalized spacial score (nSPS) is 9.92. The summed E-state index contributed by atoms with van der Waals surface area (Å²) in [7, 11) is 1.56. The summed E-state index contributed by atoms with van der Waals surface area (Å²) < 4.78 is 20.7. The van der Waals surface area contributed by atoms with E-state index in [-0.39, 0.29) is 6.61 Å². The summed E-state index contributed by atoms with van der Waals surface area (Å²) in [5.74, 6) is 0.562. The molecule has 2 aromatic rings. The van der Waals surface area contributed by atoms with Gasteiger partial charge in [0.25, 0.3) is 5.91 Å². The molecule has 0 spiro atoms.